The van der Waals surface area contributed by atoms with E-state index in [0.717, 1.165) is 26.2 Å². The van der Waals surface area contributed by atoms with E-state index in [9.17, 15) is 4.79 Å². The second kappa shape index (κ2) is 5.94. The smallest absolute Gasteiger partial charge is 0.286 e. The quantitative estimate of drug-likeness (QED) is 0.770. The molecule has 1 amide bonds. The van der Waals surface area contributed by atoms with Crippen LogP contribution in [0, 0.1) is 0 Å². The van der Waals surface area contributed by atoms with E-state index in [0.29, 0.717) is 5.82 Å². The maximum Gasteiger partial charge on any atom is 0.286 e. The fourth-order valence-electron chi connectivity index (χ4n) is 2.01. The van der Waals surface area contributed by atoms with Crippen LogP contribution in [0.15, 0.2) is 24.8 Å². The molecule has 0 bridgehead atoms. The Morgan fingerprint density at radius 1 is 1.19 bits per heavy atom. The number of hydrogen-bond donors (Lipinski definition) is 1. The molecule has 2 aromatic rings. The Morgan fingerprint density at radius 3 is 2.62 bits per heavy atom. The highest BCUT2D eigenvalue weighted by molar-refractivity contribution is 5.91. The highest BCUT2D eigenvalue weighted by Crippen LogP contribution is 2.02. The molecule has 0 aromatic carbocycles. The van der Waals surface area contributed by atoms with Gasteiger partial charge in [-0.05, 0) is 19.2 Å². The fourth-order valence-corrected chi connectivity index (χ4v) is 2.01. The predicted molar refractivity (Wildman–Crippen MR) is 73.5 cm³/mol. The first-order valence-corrected chi connectivity index (χ1v) is 6.65. The Hall–Kier alpha value is -2.39. The van der Waals surface area contributed by atoms with E-state index in [2.05, 4.69) is 37.7 Å². The van der Waals surface area contributed by atoms with Crippen LogP contribution in [-0.4, -0.2) is 74.0 Å². The van der Waals surface area contributed by atoms with E-state index in [4.69, 9.17) is 0 Å². The first-order valence-electron chi connectivity index (χ1n) is 6.65. The number of nitrogens with one attached hydrogen (secondary N) is 1. The van der Waals surface area contributed by atoms with Gasteiger partial charge in [-0.1, -0.05) is 0 Å². The first-order chi connectivity index (χ1) is 10.2. The number of carbonyl (C=O) groups excluding carboxylic acids is 1. The summed E-state index contributed by atoms with van der Waals surface area (Å²) in [5.74, 6) is 0.265. The van der Waals surface area contributed by atoms with Crippen molar-refractivity contribution in [2.45, 2.75) is 0 Å². The summed E-state index contributed by atoms with van der Waals surface area (Å²) in [5, 5.41) is 13.7. The molecule has 0 atom stereocenters. The third-order valence-corrected chi connectivity index (χ3v) is 3.30. The average Bonchev–Trinajstić information content (AvgIpc) is 3.04. The van der Waals surface area contributed by atoms with Crippen molar-refractivity contribution in [3.63, 3.8) is 0 Å². The van der Waals surface area contributed by atoms with Crippen LogP contribution < -0.4 is 5.43 Å². The van der Waals surface area contributed by atoms with Gasteiger partial charge in [0.2, 0.25) is 0 Å². The van der Waals surface area contributed by atoms with Crippen molar-refractivity contribution in [2.24, 2.45) is 0 Å². The second-order valence-corrected chi connectivity index (χ2v) is 4.85. The number of likely N-dealkylation sites (N-methyl/N-ethyl adjacent to an activating group) is 1. The highest BCUT2D eigenvalue weighted by atomic mass is 16.2. The van der Waals surface area contributed by atoms with Crippen molar-refractivity contribution >= 4 is 5.91 Å². The van der Waals surface area contributed by atoms with Gasteiger partial charge in [0, 0.05) is 26.2 Å². The van der Waals surface area contributed by atoms with Gasteiger partial charge in [0.1, 0.15) is 12.7 Å². The van der Waals surface area contributed by atoms with Crippen LogP contribution in [0.3, 0.4) is 0 Å². The maximum atomic E-state index is 12.1. The molecule has 0 radical (unpaired) electrons. The van der Waals surface area contributed by atoms with Crippen molar-refractivity contribution in [2.75, 3.05) is 33.2 Å². The summed E-state index contributed by atoms with van der Waals surface area (Å²) in [7, 11) is 2.06. The normalized spacial score (nSPS) is 16.8. The molecule has 110 valence electrons. The van der Waals surface area contributed by atoms with Gasteiger partial charge in [0.15, 0.2) is 11.5 Å². The zero-order valence-electron chi connectivity index (χ0n) is 11.7. The SMILES string of the molecule is CN1CCN(NC(=O)c2ccc(-n3cncn3)nn2)CC1. The van der Waals surface area contributed by atoms with Crippen LogP contribution in [0.1, 0.15) is 10.5 Å². The largest absolute Gasteiger partial charge is 0.304 e. The Morgan fingerprint density at radius 2 is 2.00 bits per heavy atom. The summed E-state index contributed by atoms with van der Waals surface area (Å²) in [6.45, 7) is 3.45. The number of piperazine rings is 1. The number of rotatable bonds is 3. The lowest BCUT2D eigenvalue weighted by Crippen LogP contribution is -2.52. The van der Waals surface area contributed by atoms with Crippen molar-refractivity contribution in [1.29, 1.82) is 0 Å². The van der Waals surface area contributed by atoms with Crippen LogP contribution in [0.5, 0.6) is 0 Å². The molecule has 9 nitrogen and oxygen atoms in total. The molecule has 0 saturated carbocycles. The topological polar surface area (TPSA) is 92.1 Å². The van der Waals surface area contributed by atoms with E-state index >= 15 is 0 Å². The van der Waals surface area contributed by atoms with Gasteiger partial charge in [-0.25, -0.2) is 14.7 Å². The second-order valence-electron chi connectivity index (χ2n) is 4.85. The van der Waals surface area contributed by atoms with Gasteiger partial charge < -0.3 is 4.90 Å². The van der Waals surface area contributed by atoms with Crippen LogP contribution in [0.4, 0.5) is 0 Å². The van der Waals surface area contributed by atoms with Crippen molar-refractivity contribution in [3.8, 4) is 5.82 Å². The van der Waals surface area contributed by atoms with Crippen LogP contribution in [0.2, 0.25) is 0 Å². The standard InChI is InChI=1S/C12H16N8O/c1-18-4-6-19(7-5-18)17-12(21)10-2-3-11(16-15-10)20-9-13-8-14-20/h2-3,8-9H,4-7H2,1H3,(H,17,21). The summed E-state index contributed by atoms with van der Waals surface area (Å²) in [6.07, 6.45) is 2.93. The number of hydrogen-bond acceptors (Lipinski definition) is 7. The fraction of sp³-hybridized carbons (Fsp3) is 0.417. The van der Waals surface area contributed by atoms with E-state index in [1.54, 1.807) is 12.1 Å². The van der Waals surface area contributed by atoms with E-state index in [1.165, 1.54) is 17.3 Å². The molecule has 1 aliphatic heterocycles. The molecule has 1 N–H and O–H groups in total. The van der Waals surface area contributed by atoms with Gasteiger partial charge in [0.25, 0.3) is 5.91 Å². The highest BCUT2D eigenvalue weighted by Gasteiger charge is 2.17. The summed E-state index contributed by atoms with van der Waals surface area (Å²) >= 11 is 0. The van der Waals surface area contributed by atoms with E-state index in [-0.39, 0.29) is 11.6 Å². The monoisotopic (exact) mass is 288 g/mol. The van der Waals surface area contributed by atoms with Crippen molar-refractivity contribution in [1.82, 2.24) is 40.3 Å². The molecular weight excluding hydrogens is 272 g/mol. The maximum absolute atomic E-state index is 12.1. The van der Waals surface area contributed by atoms with E-state index in [1.807, 2.05) is 5.01 Å². The number of aromatic nitrogens is 5. The van der Waals surface area contributed by atoms with Gasteiger partial charge >= 0.3 is 0 Å². The molecule has 1 saturated heterocycles. The lowest BCUT2D eigenvalue weighted by Gasteiger charge is -2.32. The molecule has 3 heterocycles. The third kappa shape index (κ3) is 3.20. The van der Waals surface area contributed by atoms with Gasteiger partial charge in [-0.2, -0.15) is 5.10 Å². The molecule has 9 heteroatoms. The predicted octanol–water partition coefficient (Wildman–Crippen LogP) is -1.05. The van der Waals surface area contributed by atoms with Gasteiger partial charge in [-0.15, -0.1) is 10.2 Å². The average molecular weight is 288 g/mol. The van der Waals surface area contributed by atoms with Crippen molar-refractivity contribution in [3.05, 3.63) is 30.5 Å². The van der Waals surface area contributed by atoms with Crippen LogP contribution >= 0.6 is 0 Å². The minimum Gasteiger partial charge on any atom is -0.304 e. The Balaban J connectivity index is 1.62. The zero-order valence-corrected chi connectivity index (χ0v) is 11.7. The third-order valence-electron chi connectivity index (χ3n) is 3.30. The summed E-state index contributed by atoms with van der Waals surface area (Å²) < 4.78 is 1.48. The molecule has 2 aromatic heterocycles. The lowest BCUT2D eigenvalue weighted by molar-refractivity contribution is 0.0657. The molecule has 0 unspecified atom stereocenters. The van der Waals surface area contributed by atoms with Gasteiger partial charge in [-0.3, -0.25) is 10.2 Å². The number of nitrogens with zero attached hydrogens (tertiary/aromatic N) is 7. The molecular formula is C12H16N8O. The molecule has 21 heavy (non-hydrogen) atoms. The molecule has 0 spiro atoms. The molecule has 3 rings (SSSR count). The minimum atomic E-state index is -0.253. The molecule has 1 fully saturated rings. The Kier molecular flexibility index (Phi) is 3.84. The number of amides is 1. The van der Waals surface area contributed by atoms with Crippen LogP contribution in [0.25, 0.3) is 5.82 Å². The van der Waals surface area contributed by atoms with Gasteiger partial charge in [0.05, 0.1) is 0 Å². The summed E-state index contributed by atoms with van der Waals surface area (Å²) in [5.41, 5.74) is 3.12. The number of hydrazine groups is 1. The van der Waals surface area contributed by atoms with Crippen molar-refractivity contribution < 1.29 is 4.79 Å². The molecule has 0 aliphatic carbocycles. The summed E-state index contributed by atoms with van der Waals surface area (Å²) in [4.78, 5) is 18.1. The lowest BCUT2D eigenvalue weighted by atomic mass is 10.3. The minimum absolute atomic E-state index is 0.253. The Bertz CT molecular complexity index is 588. The number of carbonyl (C=O) groups is 1. The first kappa shape index (κ1) is 13.6. The molecule has 1 aliphatic rings. The zero-order chi connectivity index (χ0) is 14.7. The van der Waals surface area contributed by atoms with Crippen LogP contribution in [-0.2, 0) is 0 Å². The summed E-state index contributed by atoms with van der Waals surface area (Å²) in [6, 6.07) is 3.30. The Labute approximate surface area is 121 Å². The van der Waals surface area contributed by atoms with E-state index < -0.39 is 0 Å².